The Bertz CT molecular complexity index is 327. The predicted molar refractivity (Wildman–Crippen MR) is 86.7 cm³/mol. The highest BCUT2D eigenvalue weighted by molar-refractivity contribution is 5.87. The van der Waals surface area contributed by atoms with Crippen LogP contribution in [0.1, 0.15) is 47.0 Å². The summed E-state index contributed by atoms with van der Waals surface area (Å²) < 4.78 is 0. The zero-order valence-corrected chi connectivity index (χ0v) is 14.5. The maximum absolute atomic E-state index is 12.2. The molecule has 0 saturated carbocycles. The molecule has 0 fully saturated rings. The van der Waals surface area contributed by atoms with E-state index in [1.807, 2.05) is 13.8 Å². The molecular weight excluding hydrogens is 266 g/mol. The summed E-state index contributed by atoms with van der Waals surface area (Å²) in [5, 5.41) is 2.88. The molecule has 0 aromatic heterocycles. The van der Waals surface area contributed by atoms with Gasteiger partial charge in [0.05, 0.1) is 0 Å². The summed E-state index contributed by atoms with van der Waals surface area (Å²) in [6.07, 6.45) is 1.98. The van der Waals surface area contributed by atoms with E-state index in [0.717, 1.165) is 6.42 Å². The molecule has 0 aliphatic rings. The van der Waals surface area contributed by atoms with Gasteiger partial charge in [0, 0.05) is 20.5 Å². The van der Waals surface area contributed by atoms with Gasteiger partial charge in [0.15, 0.2) is 0 Å². The number of carbonyl (C=O) groups is 2. The third-order valence-corrected chi connectivity index (χ3v) is 3.39. The Morgan fingerprint density at radius 2 is 1.57 bits per heavy atom. The molecule has 0 radical (unpaired) electrons. The molecule has 0 bridgehead atoms. The third kappa shape index (κ3) is 8.71. The van der Waals surface area contributed by atoms with Crippen LogP contribution in [0.2, 0.25) is 0 Å². The van der Waals surface area contributed by atoms with Crippen LogP contribution in [0.15, 0.2) is 0 Å². The minimum absolute atomic E-state index is 0.0507. The molecule has 0 aromatic rings. The van der Waals surface area contributed by atoms with Gasteiger partial charge in [-0.05, 0) is 37.1 Å². The first kappa shape index (κ1) is 19.9. The van der Waals surface area contributed by atoms with E-state index in [9.17, 15) is 9.59 Å². The van der Waals surface area contributed by atoms with Gasteiger partial charge in [0.25, 0.3) is 0 Å². The normalized spacial score (nSPS) is 14.1. The predicted octanol–water partition coefficient (Wildman–Crippen LogP) is 1.62. The topological polar surface area (TPSA) is 75.4 Å². The summed E-state index contributed by atoms with van der Waals surface area (Å²) in [5.41, 5.74) is 5.73. The van der Waals surface area contributed by atoms with Crippen molar-refractivity contribution in [3.05, 3.63) is 0 Å². The van der Waals surface area contributed by atoms with Crippen LogP contribution < -0.4 is 11.1 Å². The van der Waals surface area contributed by atoms with Gasteiger partial charge >= 0.3 is 0 Å². The van der Waals surface area contributed by atoms with Crippen molar-refractivity contribution in [2.24, 2.45) is 23.5 Å². The first-order chi connectivity index (χ1) is 9.67. The second-order valence-electron chi connectivity index (χ2n) is 6.92. The molecule has 0 rings (SSSR count). The van der Waals surface area contributed by atoms with Gasteiger partial charge in [-0.25, -0.2) is 0 Å². The smallest absolute Gasteiger partial charge is 0.244 e. The summed E-state index contributed by atoms with van der Waals surface area (Å²) in [6, 6.07) is -0.440. The molecule has 5 nitrogen and oxygen atoms in total. The van der Waals surface area contributed by atoms with Gasteiger partial charge in [0.1, 0.15) is 6.04 Å². The van der Waals surface area contributed by atoms with Gasteiger partial charge < -0.3 is 16.0 Å². The molecule has 0 heterocycles. The summed E-state index contributed by atoms with van der Waals surface area (Å²) in [6.45, 7) is 8.84. The number of likely N-dealkylation sites (N-methyl/N-ethyl adjacent to an activating group) is 1. The Morgan fingerprint density at radius 1 is 1.05 bits per heavy atom. The first-order valence-electron chi connectivity index (χ1n) is 7.87. The van der Waals surface area contributed by atoms with Crippen LogP contribution >= 0.6 is 0 Å². The molecular formula is C16H33N3O2. The maximum Gasteiger partial charge on any atom is 0.244 e. The SMILES string of the molecule is CC(C)CC(CN)CC(=O)NC(CC(C)C)C(=O)N(C)C. The second-order valence-corrected chi connectivity index (χ2v) is 6.92. The molecule has 0 saturated heterocycles. The molecule has 2 atom stereocenters. The number of rotatable bonds is 9. The van der Waals surface area contributed by atoms with Gasteiger partial charge in [-0.2, -0.15) is 0 Å². The number of amides is 2. The number of carbonyl (C=O) groups excluding carboxylic acids is 2. The van der Waals surface area contributed by atoms with E-state index in [4.69, 9.17) is 5.73 Å². The number of hydrogen-bond acceptors (Lipinski definition) is 3. The van der Waals surface area contributed by atoms with Crippen LogP contribution in [-0.4, -0.2) is 43.4 Å². The van der Waals surface area contributed by atoms with E-state index < -0.39 is 6.04 Å². The van der Waals surface area contributed by atoms with E-state index in [0.29, 0.717) is 31.2 Å². The Labute approximate surface area is 129 Å². The Kier molecular flexibility index (Phi) is 9.26. The molecule has 0 spiro atoms. The lowest BCUT2D eigenvalue weighted by atomic mass is 9.93. The van der Waals surface area contributed by atoms with Crippen molar-refractivity contribution in [3.8, 4) is 0 Å². The van der Waals surface area contributed by atoms with Crippen molar-refractivity contribution in [3.63, 3.8) is 0 Å². The number of nitrogens with one attached hydrogen (secondary N) is 1. The van der Waals surface area contributed by atoms with Crippen molar-refractivity contribution in [1.29, 1.82) is 0 Å². The fourth-order valence-corrected chi connectivity index (χ4v) is 2.45. The lowest BCUT2D eigenvalue weighted by molar-refractivity contribution is -0.135. The molecule has 5 heteroatoms. The number of hydrogen-bond donors (Lipinski definition) is 2. The van der Waals surface area contributed by atoms with Gasteiger partial charge in [-0.3, -0.25) is 9.59 Å². The van der Waals surface area contributed by atoms with E-state index in [2.05, 4.69) is 19.2 Å². The quantitative estimate of drug-likeness (QED) is 0.679. The lowest BCUT2D eigenvalue weighted by Crippen LogP contribution is -2.47. The molecule has 0 aliphatic heterocycles. The second kappa shape index (κ2) is 9.77. The largest absolute Gasteiger partial charge is 0.347 e. The molecule has 0 aliphatic carbocycles. The average Bonchev–Trinajstić information content (AvgIpc) is 2.34. The minimum atomic E-state index is -0.440. The Morgan fingerprint density at radius 3 is 1.95 bits per heavy atom. The third-order valence-electron chi connectivity index (χ3n) is 3.39. The first-order valence-corrected chi connectivity index (χ1v) is 7.87. The van der Waals surface area contributed by atoms with E-state index in [1.165, 1.54) is 4.90 Å². The molecule has 21 heavy (non-hydrogen) atoms. The van der Waals surface area contributed by atoms with Crippen LogP contribution in [-0.2, 0) is 9.59 Å². The highest BCUT2D eigenvalue weighted by atomic mass is 16.2. The van der Waals surface area contributed by atoms with Crippen LogP contribution in [0.25, 0.3) is 0 Å². The number of nitrogens with zero attached hydrogens (tertiary/aromatic N) is 1. The van der Waals surface area contributed by atoms with Crippen molar-refractivity contribution < 1.29 is 9.59 Å². The Balaban J connectivity index is 4.61. The van der Waals surface area contributed by atoms with Gasteiger partial charge in [-0.1, -0.05) is 27.7 Å². The van der Waals surface area contributed by atoms with Crippen LogP contribution in [0, 0.1) is 17.8 Å². The Hall–Kier alpha value is -1.10. The van der Waals surface area contributed by atoms with Crippen molar-refractivity contribution in [1.82, 2.24) is 10.2 Å². The van der Waals surface area contributed by atoms with Crippen LogP contribution in [0.4, 0.5) is 0 Å². The molecule has 124 valence electrons. The summed E-state index contributed by atoms with van der Waals surface area (Å²) in [7, 11) is 3.42. The van der Waals surface area contributed by atoms with Crippen LogP contribution in [0.3, 0.4) is 0 Å². The molecule has 3 N–H and O–H groups in total. The molecule has 2 unspecified atom stereocenters. The van der Waals surface area contributed by atoms with Crippen molar-refractivity contribution in [2.75, 3.05) is 20.6 Å². The lowest BCUT2D eigenvalue weighted by Gasteiger charge is -2.24. The number of nitrogens with two attached hydrogens (primary N) is 1. The van der Waals surface area contributed by atoms with E-state index in [-0.39, 0.29) is 17.7 Å². The standard InChI is InChI=1S/C16H33N3O2/c1-11(2)7-13(10-17)9-15(20)18-14(8-12(3)4)16(21)19(5)6/h11-14H,7-10,17H2,1-6H3,(H,18,20). The van der Waals surface area contributed by atoms with Crippen molar-refractivity contribution in [2.45, 2.75) is 53.0 Å². The highest BCUT2D eigenvalue weighted by Crippen LogP contribution is 2.15. The monoisotopic (exact) mass is 299 g/mol. The average molecular weight is 299 g/mol. The van der Waals surface area contributed by atoms with E-state index >= 15 is 0 Å². The van der Waals surface area contributed by atoms with Crippen molar-refractivity contribution >= 4 is 11.8 Å². The van der Waals surface area contributed by atoms with E-state index in [1.54, 1.807) is 14.1 Å². The fraction of sp³-hybridized carbons (Fsp3) is 0.875. The summed E-state index contributed by atoms with van der Waals surface area (Å²) >= 11 is 0. The summed E-state index contributed by atoms with van der Waals surface area (Å²) in [4.78, 5) is 25.8. The van der Waals surface area contributed by atoms with Crippen LogP contribution in [0.5, 0.6) is 0 Å². The minimum Gasteiger partial charge on any atom is -0.347 e. The fourth-order valence-electron chi connectivity index (χ4n) is 2.45. The van der Waals surface area contributed by atoms with Gasteiger partial charge in [0.2, 0.25) is 11.8 Å². The maximum atomic E-state index is 12.2. The highest BCUT2D eigenvalue weighted by Gasteiger charge is 2.24. The summed E-state index contributed by atoms with van der Waals surface area (Å²) in [5.74, 6) is 0.915. The molecule has 0 aromatic carbocycles. The zero-order valence-electron chi connectivity index (χ0n) is 14.5. The molecule has 2 amide bonds. The van der Waals surface area contributed by atoms with Gasteiger partial charge in [-0.15, -0.1) is 0 Å². The zero-order chi connectivity index (χ0) is 16.6.